The van der Waals surface area contributed by atoms with E-state index in [0.717, 1.165) is 17.2 Å². The smallest absolute Gasteiger partial charge is 0.143 e. The van der Waals surface area contributed by atoms with Crippen molar-refractivity contribution in [2.24, 2.45) is 0 Å². The maximum absolute atomic E-state index is 9.67. The van der Waals surface area contributed by atoms with Crippen molar-refractivity contribution in [1.29, 1.82) is 0 Å². The van der Waals surface area contributed by atoms with Gasteiger partial charge in [0.15, 0.2) is 0 Å². The molecule has 0 amide bonds. The van der Waals surface area contributed by atoms with Crippen LogP contribution in [0, 0.1) is 0 Å². The van der Waals surface area contributed by atoms with E-state index in [1.54, 1.807) is 17.8 Å². The Bertz CT molecular complexity index is 722. The number of nitrogens with zero attached hydrogens (tertiary/aromatic N) is 1. The summed E-state index contributed by atoms with van der Waals surface area (Å²) in [4.78, 5) is 3.21. The highest BCUT2D eigenvalue weighted by atomic mass is 32.2. The minimum absolute atomic E-state index is 0.320. The Balaban J connectivity index is 0.00000176. The summed E-state index contributed by atoms with van der Waals surface area (Å²) in [6.45, 7) is 7.11. The summed E-state index contributed by atoms with van der Waals surface area (Å²) in [5.41, 5.74) is 3.58. The normalized spacial score (nSPS) is 10.9. The van der Waals surface area contributed by atoms with Gasteiger partial charge in [-0.1, -0.05) is 50.3 Å². The third kappa shape index (κ3) is 8.37. The molecule has 146 valence electrons. The van der Waals surface area contributed by atoms with Crippen molar-refractivity contribution in [3.63, 3.8) is 0 Å². The van der Waals surface area contributed by atoms with Gasteiger partial charge in [0.05, 0.1) is 11.4 Å². The van der Waals surface area contributed by atoms with Crippen molar-refractivity contribution in [3.05, 3.63) is 66.3 Å². The Labute approximate surface area is 168 Å². The number of nitrogens with two attached hydrogens (primary N) is 1. The van der Waals surface area contributed by atoms with Crippen LogP contribution in [-0.2, 0) is 0 Å². The van der Waals surface area contributed by atoms with Gasteiger partial charge in [0.25, 0.3) is 0 Å². The fraction of sp³-hybridized carbons (Fsp3) is 0.304. The number of hydrogen-bond donors (Lipinski definition) is 2. The number of thioether (sulfide) groups is 1. The van der Waals surface area contributed by atoms with Crippen molar-refractivity contribution >= 4 is 29.2 Å². The first kappa shape index (κ1) is 22.9. The first-order valence-corrected chi connectivity index (χ1v) is 10.5. The maximum Gasteiger partial charge on any atom is 0.143 e. The Morgan fingerprint density at radius 3 is 2.37 bits per heavy atom. The number of quaternary nitrogens is 1. The summed E-state index contributed by atoms with van der Waals surface area (Å²) in [6.07, 6.45) is 8.37. The summed E-state index contributed by atoms with van der Waals surface area (Å²) in [6, 6.07) is 14.0. The molecule has 0 aliphatic carbocycles. The van der Waals surface area contributed by atoms with Crippen LogP contribution in [0.3, 0.4) is 0 Å². The molecule has 0 bridgehead atoms. The molecule has 2 rings (SSSR count). The summed E-state index contributed by atoms with van der Waals surface area (Å²) < 4.78 is 0. The predicted octanol–water partition coefficient (Wildman–Crippen LogP) is 5.06. The van der Waals surface area contributed by atoms with E-state index in [4.69, 9.17) is 0 Å². The van der Waals surface area contributed by atoms with Gasteiger partial charge in [0, 0.05) is 31.6 Å². The topological polar surface area (TPSA) is 40.1 Å². The van der Waals surface area contributed by atoms with E-state index in [9.17, 15) is 5.11 Å². The van der Waals surface area contributed by atoms with Gasteiger partial charge in [-0.3, -0.25) is 0 Å². The van der Waals surface area contributed by atoms with Crippen molar-refractivity contribution in [2.45, 2.75) is 25.7 Å². The van der Waals surface area contributed by atoms with Crippen molar-refractivity contribution in [2.75, 3.05) is 31.3 Å². The Kier molecular flexibility index (Phi) is 11.1. The molecule has 0 spiro atoms. The lowest BCUT2D eigenvalue weighted by Gasteiger charge is -2.11. The number of hydrogen-bond acceptors (Lipinski definition) is 3. The zero-order valence-corrected chi connectivity index (χ0v) is 18.0. The lowest BCUT2D eigenvalue weighted by molar-refractivity contribution is -0.570. The van der Waals surface area contributed by atoms with E-state index in [2.05, 4.69) is 65.7 Å². The number of rotatable bonds is 8. The van der Waals surface area contributed by atoms with E-state index >= 15 is 0 Å². The minimum atomic E-state index is 0.320. The molecule has 0 saturated heterocycles. The van der Waals surface area contributed by atoms with Crippen molar-refractivity contribution < 1.29 is 10.4 Å². The van der Waals surface area contributed by atoms with Crippen molar-refractivity contribution in [1.82, 2.24) is 0 Å². The van der Waals surface area contributed by atoms with Gasteiger partial charge in [-0.25, -0.2) is 0 Å². The monoisotopic (exact) mass is 385 g/mol. The summed E-state index contributed by atoms with van der Waals surface area (Å²) >= 11 is 1.74. The maximum atomic E-state index is 9.67. The average molecular weight is 386 g/mol. The van der Waals surface area contributed by atoms with Crippen LogP contribution in [0.1, 0.15) is 26.3 Å². The molecule has 0 aliphatic rings. The molecule has 0 aliphatic heterocycles. The van der Waals surface area contributed by atoms with E-state index in [0.29, 0.717) is 5.75 Å². The number of aromatic hydroxyl groups is 1. The third-order valence-corrected chi connectivity index (χ3v) is 4.73. The molecular weight excluding hydrogens is 352 g/mol. The van der Waals surface area contributed by atoms with Gasteiger partial charge in [0.2, 0.25) is 0 Å². The van der Waals surface area contributed by atoms with E-state index in [1.165, 1.54) is 16.9 Å². The number of phenolic OH excluding ortho intramolecular Hbond substituents is 1. The SMILES string of the molecule is CC.CC[NH2+]c1ccc(O)cc1SC/C=C/C=C/c1ccc(N(C)C)cc1. The molecule has 0 aromatic heterocycles. The third-order valence-electron chi connectivity index (χ3n) is 3.70. The second-order valence-electron chi connectivity index (χ2n) is 5.92. The van der Waals surface area contributed by atoms with Gasteiger partial charge < -0.3 is 15.3 Å². The first-order chi connectivity index (χ1) is 13.1. The van der Waals surface area contributed by atoms with Gasteiger partial charge in [-0.05, 0) is 36.8 Å². The molecule has 4 heteroatoms. The molecule has 0 unspecified atom stereocenters. The highest BCUT2D eigenvalue weighted by molar-refractivity contribution is 7.99. The quantitative estimate of drug-likeness (QED) is 0.289. The number of phenols is 1. The predicted molar refractivity (Wildman–Crippen MR) is 121 cm³/mol. The van der Waals surface area contributed by atoms with Crippen LogP contribution >= 0.6 is 11.8 Å². The molecule has 3 N–H and O–H groups in total. The molecule has 0 heterocycles. The molecule has 2 aromatic carbocycles. The average Bonchev–Trinajstić information content (AvgIpc) is 2.68. The van der Waals surface area contributed by atoms with Crippen LogP contribution in [0.15, 0.2) is 65.6 Å². The standard InChI is InChI=1S/C21H26N2OS.C2H6/c1-4-22-20-14-13-19(24)16-21(20)25-15-7-5-6-8-17-9-11-18(12-10-17)23(2)3;1-2/h5-14,16,22,24H,4,15H2,1-3H3;1-2H3/p+1/b7-5+,8-6+;. The van der Waals surface area contributed by atoms with E-state index in [-0.39, 0.29) is 0 Å². The fourth-order valence-electron chi connectivity index (χ4n) is 2.36. The van der Waals surface area contributed by atoms with Crippen LogP contribution in [0.25, 0.3) is 6.08 Å². The van der Waals surface area contributed by atoms with E-state index < -0.39 is 0 Å². The van der Waals surface area contributed by atoms with Crippen LogP contribution in [-0.4, -0.2) is 31.5 Å². The van der Waals surface area contributed by atoms with Crippen LogP contribution in [0.2, 0.25) is 0 Å². The van der Waals surface area contributed by atoms with Gasteiger partial charge in [0.1, 0.15) is 11.4 Å². The molecule has 3 nitrogen and oxygen atoms in total. The highest BCUT2D eigenvalue weighted by Crippen LogP contribution is 2.28. The number of benzene rings is 2. The summed E-state index contributed by atoms with van der Waals surface area (Å²) in [5.74, 6) is 1.19. The highest BCUT2D eigenvalue weighted by Gasteiger charge is 2.06. The minimum Gasteiger partial charge on any atom is -0.508 e. The molecule has 0 radical (unpaired) electrons. The Hall–Kier alpha value is -2.17. The molecular formula is C23H33N2OS+. The first-order valence-electron chi connectivity index (χ1n) is 9.49. The van der Waals surface area contributed by atoms with Gasteiger partial charge in [-0.2, -0.15) is 0 Å². The largest absolute Gasteiger partial charge is 0.508 e. The van der Waals surface area contributed by atoms with Crippen LogP contribution < -0.4 is 10.2 Å². The second-order valence-corrected chi connectivity index (χ2v) is 6.98. The zero-order valence-electron chi connectivity index (χ0n) is 17.1. The molecule has 27 heavy (non-hydrogen) atoms. The molecule has 0 atom stereocenters. The van der Waals surface area contributed by atoms with Gasteiger partial charge >= 0.3 is 0 Å². The molecule has 0 saturated carbocycles. The van der Waals surface area contributed by atoms with Gasteiger partial charge in [-0.15, -0.1) is 11.8 Å². The summed E-state index contributed by atoms with van der Waals surface area (Å²) in [5, 5.41) is 11.9. The Morgan fingerprint density at radius 2 is 1.74 bits per heavy atom. The lowest BCUT2D eigenvalue weighted by Crippen LogP contribution is -2.77. The molecule has 2 aromatic rings. The lowest BCUT2D eigenvalue weighted by atomic mass is 10.2. The Morgan fingerprint density at radius 1 is 1.04 bits per heavy atom. The van der Waals surface area contributed by atoms with Crippen LogP contribution in [0.4, 0.5) is 11.4 Å². The summed E-state index contributed by atoms with van der Waals surface area (Å²) in [7, 11) is 4.09. The number of anilines is 1. The van der Waals surface area contributed by atoms with Crippen LogP contribution in [0.5, 0.6) is 5.75 Å². The zero-order chi connectivity index (χ0) is 20.1. The molecule has 0 fully saturated rings. The van der Waals surface area contributed by atoms with E-state index in [1.807, 2.05) is 40.1 Å². The second kappa shape index (κ2) is 13.1. The number of allylic oxidation sites excluding steroid dienone is 2. The van der Waals surface area contributed by atoms with Crippen molar-refractivity contribution in [3.8, 4) is 5.75 Å². The fourth-order valence-corrected chi connectivity index (χ4v) is 3.27.